The third-order valence-corrected chi connectivity index (χ3v) is 7.12. The van der Waals surface area contributed by atoms with E-state index >= 15 is 0 Å². The van der Waals surface area contributed by atoms with E-state index in [4.69, 9.17) is 13.9 Å². The van der Waals surface area contributed by atoms with Gasteiger partial charge in [0, 0.05) is 12.8 Å². The summed E-state index contributed by atoms with van der Waals surface area (Å²) in [5, 5.41) is 7.34. The van der Waals surface area contributed by atoms with E-state index in [1.165, 1.54) is 25.7 Å². The third kappa shape index (κ3) is 5.00. The van der Waals surface area contributed by atoms with Gasteiger partial charge in [0.05, 0.1) is 31.9 Å². The van der Waals surface area contributed by atoms with Gasteiger partial charge in [-0.05, 0) is 31.2 Å². The average Bonchev–Trinajstić information content (AvgIpc) is 3.51. The lowest BCUT2D eigenvalue weighted by Crippen LogP contribution is -2.29. The van der Waals surface area contributed by atoms with Crippen molar-refractivity contribution in [2.75, 3.05) is 18.9 Å². The maximum Gasteiger partial charge on any atom is 0.243 e. The highest BCUT2D eigenvalue weighted by Crippen LogP contribution is 2.38. The Morgan fingerprint density at radius 1 is 1.08 bits per heavy atom. The number of rotatable bonds is 10. The zero-order valence-corrected chi connectivity index (χ0v) is 20.9. The van der Waals surface area contributed by atoms with Crippen LogP contribution < -0.4 is 14.2 Å². The fourth-order valence-corrected chi connectivity index (χ4v) is 4.46. The summed E-state index contributed by atoms with van der Waals surface area (Å²) in [7, 11) is -1.05. The molecule has 1 aromatic carbocycles. The predicted molar refractivity (Wildman–Crippen MR) is 129 cm³/mol. The van der Waals surface area contributed by atoms with Crippen molar-refractivity contribution in [2.24, 2.45) is 0 Å². The summed E-state index contributed by atoms with van der Waals surface area (Å²) in [5.41, 5.74) is 0.379. The van der Waals surface area contributed by atoms with Crippen LogP contribution in [0.5, 0.6) is 11.5 Å². The maximum atomic E-state index is 13.3. The first-order valence-electron chi connectivity index (χ1n) is 11.0. The number of methoxy groups -OCH3 is 2. The van der Waals surface area contributed by atoms with Crippen LogP contribution in [0.3, 0.4) is 0 Å². The van der Waals surface area contributed by atoms with E-state index in [0.717, 1.165) is 18.2 Å². The number of aryl methyl sites for hydroxylation is 1. The first-order valence-corrected chi connectivity index (χ1v) is 12.6. The van der Waals surface area contributed by atoms with Gasteiger partial charge in [0.25, 0.3) is 0 Å². The van der Waals surface area contributed by atoms with Crippen molar-refractivity contribution in [3.8, 4) is 28.8 Å². The van der Waals surface area contributed by atoms with Gasteiger partial charge in [-0.15, -0.1) is 10.2 Å². The van der Waals surface area contributed by atoms with Crippen LogP contribution in [-0.2, 0) is 22.9 Å². The first kappa shape index (κ1) is 25.1. The molecule has 3 heterocycles. The van der Waals surface area contributed by atoms with Crippen LogP contribution in [-0.4, -0.2) is 52.6 Å². The molecular weight excluding hydrogens is 491 g/mol. The molecule has 13 heteroatoms. The summed E-state index contributed by atoms with van der Waals surface area (Å²) in [6.07, 6.45) is 2.58. The molecule has 11 nitrogen and oxygen atoms in total. The van der Waals surface area contributed by atoms with E-state index in [1.807, 2.05) is 13.0 Å². The Labute approximate surface area is 207 Å². The summed E-state index contributed by atoms with van der Waals surface area (Å²) in [6.45, 7) is 3.43. The van der Waals surface area contributed by atoms with Crippen molar-refractivity contribution >= 4 is 16.0 Å². The standard InChI is InChI=1S/C23H25FN6O5S/c1-5-16-9-10-19(35-16)22-27-28-23(30(22)21-17(33-3)7-6-8-18(21)34-4)29-36(31,32)14(2)11-20-25-12-15(24)13-26-20/h6-10,12-14H,5,11H2,1-4H3,(H,28,29). The number of nitrogens with one attached hydrogen (secondary N) is 1. The largest absolute Gasteiger partial charge is 0.494 e. The molecule has 0 saturated heterocycles. The van der Waals surface area contributed by atoms with Crippen molar-refractivity contribution < 1.29 is 26.7 Å². The zero-order chi connectivity index (χ0) is 25.9. The molecule has 1 unspecified atom stereocenters. The molecule has 4 rings (SSSR count). The highest BCUT2D eigenvalue weighted by atomic mass is 32.2. The number of sulfonamides is 1. The van der Waals surface area contributed by atoms with Gasteiger partial charge in [-0.2, -0.15) is 0 Å². The normalized spacial score (nSPS) is 12.4. The van der Waals surface area contributed by atoms with Gasteiger partial charge in [0.15, 0.2) is 11.6 Å². The number of furan rings is 1. The molecule has 0 aliphatic rings. The van der Waals surface area contributed by atoms with Crippen LogP contribution in [0.1, 0.15) is 25.4 Å². The molecule has 0 amide bonds. The molecule has 0 aliphatic heterocycles. The van der Waals surface area contributed by atoms with E-state index in [0.29, 0.717) is 29.4 Å². The molecule has 190 valence electrons. The second-order valence-electron chi connectivity index (χ2n) is 7.79. The number of para-hydroxylation sites is 1. The fourth-order valence-electron chi connectivity index (χ4n) is 3.50. The third-order valence-electron chi connectivity index (χ3n) is 5.43. The summed E-state index contributed by atoms with van der Waals surface area (Å²) < 4.78 is 60.6. The lowest BCUT2D eigenvalue weighted by molar-refractivity contribution is 0.391. The second kappa shape index (κ2) is 10.3. The van der Waals surface area contributed by atoms with Gasteiger partial charge in [-0.1, -0.05) is 13.0 Å². The molecule has 0 fully saturated rings. The number of aromatic nitrogens is 5. The van der Waals surface area contributed by atoms with E-state index in [1.54, 1.807) is 24.3 Å². The molecule has 0 bridgehead atoms. The molecule has 1 atom stereocenters. The number of anilines is 1. The number of nitrogens with zero attached hydrogens (tertiary/aromatic N) is 5. The van der Waals surface area contributed by atoms with E-state index < -0.39 is 21.1 Å². The molecule has 4 aromatic rings. The minimum atomic E-state index is -4.02. The van der Waals surface area contributed by atoms with Crippen LogP contribution in [0.4, 0.5) is 10.3 Å². The van der Waals surface area contributed by atoms with Crippen molar-refractivity contribution in [3.63, 3.8) is 0 Å². The maximum absolute atomic E-state index is 13.3. The summed E-state index contributed by atoms with van der Waals surface area (Å²) in [6, 6.07) is 8.68. The molecule has 0 spiro atoms. The molecule has 0 aliphatic carbocycles. The van der Waals surface area contributed by atoms with Gasteiger partial charge in [-0.25, -0.2) is 22.8 Å². The van der Waals surface area contributed by atoms with Crippen molar-refractivity contribution in [1.29, 1.82) is 0 Å². The van der Waals surface area contributed by atoms with Gasteiger partial charge in [0.2, 0.25) is 21.8 Å². The summed E-state index contributed by atoms with van der Waals surface area (Å²) >= 11 is 0. The Balaban J connectivity index is 1.79. The average molecular weight is 517 g/mol. The van der Waals surface area contributed by atoms with Crippen LogP contribution in [0.2, 0.25) is 0 Å². The van der Waals surface area contributed by atoms with Gasteiger partial charge < -0.3 is 13.9 Å². The number of hydrogen-bond donors (Lipinski definition) is 1. The van der Waals surface area contributed by atoms with E-state index in [-0.39, 0.29) is 24.0 Å². The van der Waals surface area contributed by atoms with Crippen LogP contribution >= 0.6 is 0 Å². The lowest BCUT2D eigenvalue weighted by atomic mass is 10.2. The van der Waals surface area contributed by atoms with Gasteiger partial charge >= 0.3 is 0 Å². The highest BCUT2D eigenvalue weighted by molar-refractivity contribution is 7.93. The molecular formula is C23H25FN6O5S. The topological polar surface area (TPSA) is 134 Å². The Bertz CT molecular complexity index is 1430. The summed E-state index contributed by atoms with van der Waals surface area (Å²) in [4.78, 5) is 7.69. The van der Waals surface area contributed by atoms with Crippen molar-refractivity contribution in [3.05, 3.63) is 60.1 Å². The Kier molecular flexibility index (Phi) is 7.20. The van der Waals surface area contributed by atoms with Crippen LogP contribution in [0, 0.1) is 5.82 Å². The molecule has 1 N–H and O–H groups in total. The first-order chi connectivity index (χ1) is 17.3. The quantitative estimate of drug-likeness (QED) is 0.336. The number of benzene rings is 1. The van der Waals surface area contributed by atoms with E-state index in [2.05, 4.69) is 24.9 Å². The van der Waals surface area contributed by atoms with Crippen LogP contribution in [0.15, 0.2) is 47.1 Å². The number of halogens is 1. The molecule has 36 heavy (non-hydrogen) atoms. The second-order valence-corrected chi connectivity index (χ2v) is 9.89. The SMILES string of the molecule is CCc1ccc(-c2nnc(NS(=O)(=O)C(C)Cc3ncc(F)cn3)n2-c2c(OC)cccc2OC)o1. The Morgan fingerprint density at radius 3 is 2.33 bits per heavy atom. The minimum Gasteiger partial charge on any atom is -0.494 e. The highest BCUT2D eigenvalue weighted by Gasteiger charge is 2.29. The minimum absolute atomic E-state index is 0.0490. The molecule has 0 saturated carbocycles. The van der Waals surface area contributed by atoms with Gasteiger partial charge in [-0.3, -0.25) is 9.29 Å². The monoisotopic (exact) mass is 516 g/mol. The van der Waals surface area contributed by atoms with Crippen molar-refractivity contribution in [1.82, 2.24) is 24.7 Å². The molecule has 3 aromatic heterocycles. The fraction of sp³-hybridized carbons (Fsp3) is 0.304. The summed E-state index contributed by atoms with van der Waals surface area (Å²) in [5.74, 6) is 1.61. The number of hydrogen-bond acceptors (Lipinski definition) is 9. The van der Waals surface area contributed by atoms with Crippen LogP contribution in [0.25, 0.3) is 17.3 Å². The van der Waals surface area contributed by atoms with Crippen molar-refractivity contribution in [2.45, 2.75) is 31.9 Å². The predicted octanol–water partition coefficient (Wildman–Crippen LogP) is 3.41. The van der Waals surface area contributed by atoms with E-state index in [9.17, 15) is 12.8 Å². The van der Waals surface area contributed by atoms with Gasteiger partial charge in [0.1, 0.15) is 28.8 Å². The molecule has 0 radical (unpaired) electrons. The Hall–Kier alpha value is -4.00. The number of ether oxygens (including phenoxy) is 2. The smallest absolute Gasteiger partial charge is 0.243 e. The Morgan fingerprint density at radius 2 is 1.75 bits per heavy atom. The zero-order valence-electron chi connectivity index (χ0n) is 20.1. The lowest BCUT2D eigenvalue weighted by Gasteiger charge is -2.18.